The summed E-state index contributed by atoms with van der Waals surface area (Å²) in [5.41, 5.74) is 7.20. The van der Waals surface area contributed by atoms with Crippen LogP contribution in [0.4, 0.5) is 4.39 Å². The van der Waals surface area contributed by atoms with Gasteiger partial charge in [0.15, 0.2) is 0 Å². The van der Waals surface area contributed by atoms with Crippen LogP contribution in [-0.2, 0) is 11.2 Å². The van der Waals surface area contributed by atoms with E-state index in [4.69, 9.17) is 15.7 Å². The van der Waals surface area contributed by atoms with E-state index in [0.717, 1.165) is 5.56 Å². The van der Waals surface area contributed by atoms with Crippen LogP contribution in [0.25, 0.3) is 0 Å². The summed E-state index contributed by atoms with van der Waals surface area (Å²) in [4.78, 5) is 17.8. The number of rotatable bonds is 5. The summed E-state index contributed by atoms with van der Waals surface area (Å²) in [5, 5.41) is 9.05. The van der Waals surface area contributed by atoms with E-state index in [9.17, 15) is 9.18 Å². The average Bonchev–Trinajstić information content (AvgIpc) is 3.09. The number of aromatic nitrogens is 1. The van der Waals surface area contributed by atoms with Crippen LogP contribution < -0.4 is 10.5 Å². The van der Waals surface area contributed by atoms with Crippen molar-refractivity contribution in [3.05, 3.63) is 53.7 Å². The molecular formula is C19H19FN4O2. The second-order valence-corrected chi connectivity index (χ2v) is 6.19. The Balaban J connectivity index is 1.61. The molecule has 0 aliphatic carbocycles. The van der Waals surface area contributed by atoms with Crippen LogP contribution in [0.3, 0.4) is 0 Å². The van der Waals surface area contributed by atoms with Crippen LogP contribution in [0.15, 0.2) is 42.6 Å². The number of carbonyl (C=O) groups excluding carboxylic acids is 1. The van der Waals surface area contributed by atoms with Gasteiger partial charge in [-0.3, -0.25) is 4.79 Å². The Kier molecular flexibility index (Phi) is 5.44. The zero-order chi connectivity index (χ0) is 18.5. The monoisotopic (exact) mass is 354 g/mol. The summed E-state index contributed by atoms with van der Waals surface area (Å²) in [6.45, 7) is 0.552. The van der Waals surface area contributed by atoms with E-state index >= 15 is 0 Å². The van der Waals surface area contributed by atoms with Crippen molar-refractivity contribution in [2.24, 2.45) is 5.73 Å². The molecule has 1 amide bonds. The van der Waals surface area contributed by atoms with Gasteiger partial charge in [-0.25, -0.2) is 9.37 Å². The van der Waals surface area contributed by atoms with Gasteiger partial charge in [0.05, 0.1) is 12.6 Å². The van der Waals surface area contributed by atoms with Crippen molar-refractivity contribution in [1.82, 2.24) is 9.88 Å². The number of alkyl halides is 1. The number of pyridine rings is 1. The quantitative estimate of drug-likeness (QED) is 0.888. The van der Waals surface area contributed by atoms with Crippen LogP contribution >= 0.6 is 0 Å². The Morgan fingerprint density at radius 1 is 1.42 bits per heavy atom. The van der Waals surface area contributed by atoms with E-state index in [0.29, 0.717) is 30.7 Å². The van der Waals surface area contributed by atoms with Gasteiger partial charge in [-0.2, -0.15) is 5.26 Å². The lowest BCUT2D eigenvalue weighted by atomic mass is 10.1. The first-order valence-electron chi connectivity index (χ1n) is 8.37. The molecule has 3 rings (SSSR count). The summed E-state index contributed by atoms with van der Waals surface area (Å²) in [5.74, 6) is 0.547. The van der Waals surface area contributed by atoms with Crippen LogP contribution in [-0.4, -0.2) is 41.1 Å². The molecule has 1 aromatic carbocycles. The minimum absolute atomic E-state index is 0.130. The predicted octanol–water partition coefficient (Wildman–Crippen LogP) is 2.19. The number of hydrogen-bond donors (Lipinski definition) is 1. The Morgan fingerprint density at radius 2 is 2.19 bits per heavy atom. The fraction of sp³-hybridized carbons (Fsp3) is 0.316. The molecule has 0 unspecified atom stereocenters. The van der Waals surface area contributed by atoms with Gasteiger partial charge in [-0.15, -0.1) is 0 Å². The van der Waals surface area contributed by atoms with Gasteiger partial charge < -0.3 is 15.4 Å². The molecule has 26 heavy (non-hydrogen) atoms. The van der Waals surface area contributed by atoms with Gasteiger partial charge in [-0.05, 0) is 42.7 Å². The average molecular weight is 354 g/mol. The number of carbonyl (C=O) groups is 1. The first kappa shape index (κ1) is 17.8. The summed E-state index contributed by atoms with van der Waals surface area (Å²) in [6.07, 6.45) is 1.34. The molecule has 2 N–H and O–H groups in total. The highest BCUT2D eigenvalue weighted by molar-refractivity contribution is 5.82. The number of amides is 1. The topological polar surface area (TPSA) is 92.2 Å². The lowest BCUT2D eigenvalue weighted by Gasteiger charge is -2.20. The Labute approximate surface area is 151 Å². The van der Waals surface area contributed by atoms with Crippen LogP contribution in [0.1, 0.15) is 17.5 Å². The molecule has 7 heteroatoms. The van der Waals surface area contributed by atoms with Crippen LogP contribution in [0.5, 0.6) is 11.6 Å². The van der Waals surface area contributed by atoms with Gasteiger partial charge in [0, 0.05) is 12.7 Å². The molecule has 0 saturated carbocycles. The molecule has 0 radical (unpaired) electrons. The molecule has 1 aliphatic rings. The van der Waals surface area contributed by atoms with E-state index in [-0.39, 0.29) is 18.3 Å². The first-order chi connectivity index (χ1) is 12.6. The second kappa shape index (κ2) is 7.93. The minimum Gasteiger partial charge on any atom is -0.438 e. The molecule has 1 aliphatic heterocycles. The maximum Gasteiger partial charge on any atom is 0.239 e. The third-order valence-corrected chi connectivity index (χ3v) is 4.24. The van der Waals surface area contributed by atoms with Gasteiger partial charge >= 0.3 is 0 Å². The van der Waals surface area contributed by atoms with Gasteiger partial charge in [0.1, 0.15) is 23.6 Å². The summed E-state index contributed by atoms with van der Waals surface area (Å²) in [7, 11) is 0. The molecular weight excluding hydrogens is 335 g/mol. The summed E-state index contributed by atoms with van der Waals surface area (Å²) >= 11 is 0. The van der Waals surface area contributed by atoms with E-state index in [1.807, 2.05) is 6.07 Å². The van der Waals surface area contributed by atoms with Gasteiger partial charge in [0.2, 0.25) is 11.8 Å². The molecule has 0 spiro atoms. The van der Waals surface area contributed by atoms with Crippen LogP contribution in [0, 0.1) is 11.3 Å². The molecule has 2 heterocycles. The van der Waals surface area contributed by atoms with E-state index in [1.54, 1.807) is 42.6 Å². The highest BCUT2D eigenvalue weighted by Crippen LogP contribution is 2.23. The molecule has 1 fully saturated rings. The number of hydrogen-bond acceptors (Lipinski definition) is 5. The highest BCUT2D eigenvalue weighted by atomic mass is 19.1. The number of likely N-dealkylation sites (tertiary alicyclic amines) is 1. The van der Waals surface area contributed by atoms with Crippen molar-refractivity contribution < 1.29 is 13.9 Å². The molecule has 0 bridgehead atoms. The normalized spacial score (nSPS) is 17.6. The van der Waals surface area contributed by atoms with Crippen molar-refractivity contribution >= 4 is 5.91 Å². The number of nitrogens with zero attached hydrogens (tertiary/aromatic N) is 3. The van der Waals surface area contributed by atoms with Gasteiger partial charge in [0.25, 0.3) is 0 Å². The maximum atomic E-state index is 13.2. The van der Waals surface area contributed by atoms with Crippen molar-refractivity contribution in [2.45, 2.75) is 25.1 Å². The fourth-order valence-electron chi connectivity index (χ4n) is 2.86. The van der Waals surface area contributed by atoms with Crippen molar-refractivity contribution in [2.75, 3.05) is 13.1 Å². The molecule has 1 aromatic heterocycles. The number of ether oxygens (including phenoxy) is 1. The smallest absolute Gasteiger partial charge is 0.239 e. The molecule has 6 nitrogen and oxygen atoms in total. The third kappa shape index (κ3) is 4.16. The number of nitrogens with two attached hydrogens (primary N) is 1. The standard InChI is InChI=1S/C19H19FN4O2/c20-15-7-9-24(12-15)19(25)17(22)10-13-3-5-16(6-4-13)26-18-14(11-21)2-1-8-23-18/h1-6,8,15,17H,7,9-10,12,22H2/t15-,17-/m0/s1. The highest BCUT2D eigenvalue weighted by Gasteiger charge is 2.29. The number of benzene rings is 1. The first-order valence-corrected chi connectivity index (χ1v) is 8.37. The largest absolute Gasteiger partial charge is 0.438 e. The van der Waals surface area contributed by atoms with Crippen LogP contribution in [0.2, 0.25) is 0 Å². The number of nitriles is 1. The van der Waals surface area contributed by atoms with Gasteiger partial charge in [-0.1, -0.05) is 12.1 Å². The zero-order valence-corrected chi connectivity index (χ0v) is 14.1. The Morgan fingerprint density at radius 3 is 2.85 bits per heavy atom. The zero-order valence-electron chi connectivity index (χ0n) is 14.1. The Hall–Kier alpha value is -2.98. The SMILES string of the molecule is N#Cc1cccnc1Oc1ccc(C[C@H](N)C(=O)N2CC[C@H](F)C2)cc1. The second-order valence-electron chi connectivity index (χ2n) is 6.19. The fourth-order valence-corrected chi connectivity index (χ4v) is 2.86. The van der Waals surface area contributed by atoms with E-state index < -0.39 is 12.2 Å². The molecule has 2 aromatic rings. The molecule has 1 saturated heterocycles. The van der Waals surface area contributed by atoms with Crippen molar-refractivity contribution in [3.8, 4) is 17.7 Å². The van der Waals surface area contributed by atoms with E-state index in [2.05, 4.69) is 4.98 Å². The molecule has 134 valence electrons. The lowest BCUT2D eigenvalue weighted by molar-refractivity contribution is -0.131. The molecule has 2 atom stereocenters. The van der Waals surface area contributed by atoms with Crippen molar-refractivity contribution in [3.63, 3.8) is 0 Å². The van der Waals surface area contributed by atoms with Crippen molar-refractivity contribution in [1.29, 1.82) is 5.26 Å². The lowest BCUT2D eigenvalue weighted by Crippen LogP contribution is -2.44. The summed E-state index contributed by atoms with van der Waals surface area (Å²) < 4.78 is 18.8. The number of halogens is 1. The summed E-state index contributed by atoms with van der Waals surface area (Å²) in [6, 6.07) is 11.7. The van der Waals surface area contributed by atoms with E-state index in [1.165, 1.54) is 4.90 Å². The third-order valence-electron chi connectivity index (χ3n) is 4.24. The Bertz CT molecular complexity index is 819. The predicted molar refractivity (Wildman–Crippen MR) is 93.2 cm³/mol. The maximum absolute atomic E-state index is 13.2. The minimum atomic E-state index is -0.951.